The van der Waals surface area contributed by atoms with Gasteiger partial charge in [-0.15, -0.1) is 0 Å². The molecule has 0 aliphatic carbocycles. The molecule has 0 saturated heterocycles. The summed E-state index contributed by atoms with van der Waals surface area (Å²) < 4.78 is 1.97. The maximum absolute atomic E-state index is 12.1. The summed E-state index contributed by atoms with van der Waals surface area (Å²) in [6.07, 6.45) is 5.65. The summed E-state index contributed by atoms with van der Waals surface area (Å²) >= 11 is 0. The number of hydrogen-bond donors (Lipinski definition) is 1. The number of carbonyl (C=O) groups excluding carboxylic acids is 1. The third kappa shape index (κ3) is 3.59. The first-order valence-corrected chi connectivity index (χ1v) is 7.15. The van der Waals surface area contributed by atoms with E-state index in [2.05, 4.69) is 9.97 Å². The monoisotopic (exact) mass is 287 g/mol. The normalized spacial score (nSPS) is 10.6. The maximum Gasteiger partial charge on any atom is 0.224 e. The van der Waals surface area contributed by atoms with Crippen LogP contribution in [0.2, 0.25) is 0 Å². The van der Waals surface area contributed by atoms with Gasteiger partial charge in [-0.05, 0) is 26.0 Å². The molecule has 0 fully saturated rings. The second-order valence-electron chi connectivity index (χ2n) is 4.76. The standard InChI is InChI=1S/C15H21N5O/c1-3-19(4-2)15(21)6-8-20-11-17-10-13(20)12-5-7-18-14(16)9-12/h5,7,9-11H,3-4,6,8H2,1-2H3,(H2,16,18). The number of rotatable bonds is 6. The molecule has 2 aromatic heterocycles. The molecule has 2 aromatic rings. The fraction of sp³-hybridized carbons (Fsp3) is 0.400. The van der Waals surface area contributed by atoms with Crippen molar-refractivity contribution in [1.29, 1.82) is 0 Å². The lowest BCUT2D eigenvalue weighted by molar-refractivity contribution is -0.131. The van der Waals surface area contributed by atoms with E-state index in [0.29, 0.717) is 18.8 Å². The fourth-order valence-corrected chi connectivity index (χ4v) is 2.30. The van der Waals surface area contributed by atoms with Crippen molar-refractivity contribution in [2.24, 2.45) is 0 Å². The van der Waals surface area contributed by atoms with E-state index < -0.39 is 0 Å². The smallest absolute Gasteiger partial charge is 0.224 e. The van der Waals surface area contributed by atoms with Crippen molar-refractivity contribution in [3.63, 3.8) is 0 Å². The third-order valence-corrected chi connectivity index (χ3v) is 3.47. The molecule has 21 heavy (non-hydrogen) atoms. The summed E-state index contributed by atoms with van der Waals surface area (Å²) in [5.41, 5.74) is 7.61. The van der Waals surface area contributed by atoms with E-state index in [1.165, 1.54) is 0 Å². The first-order valence-electron chi connectivity index (χ1n) is 7.15. The van der Waals surface area contributed by atoms with Crippen LogP contribution in [0.25, 0.3) is 11.3 Å². The molecule has 0 atom stereocenters. The second kappa shape index (κ2) is 6.88. The van der Waals surface area contributed by atoms with Crippen molar-refractivity contribution in [3.8, 4) is 11.3 Å². The lowest BCUT2D eigenvalue weighted by Gasteiger charge is -2.19. The highest BCUT2D eigenvalue weighted by molar-refractivity contribution is 5.76. The first kappa shape index (κ1) is 15.0. The number of nitrogens with two attached hydrogens (primary N) is 1. The molecule has 6 heteroatoms. The molecule has 0 aliphatic heterocycles. The Bertz CT molecular complexity index is 604. The van der Waals surface area contributed by atoms with Gasteiger partial charge >= 0.3 is 0 Å². The Morgan fingerprint density at radius 1 is 1.38 bits per heavy atom. The molecule has 0 aromatic carbocycles. The quantitative estimate of drug-likeness (QED) is 0.878. The van der Waals surface area contributed by atoms with Crippen molar-refractivity contribution < 1.29 is 4.79 Å². The largest absolute Gasteiger partial charge is 0.384 e. The Labute approximate surface area is 124 Å². The molecule has 0 aliphatic rings. The Morgan fingerprint density at radius 3 is 2.81 bits per heavy atom. The number of imidazole rings is 1. The molecular formula is C15H21N5O. The van der Waals surface area contributed by atoms with Gasteiger partial charge < -0.3 is 15.2 Å². The topological polar surface area (TPSA) is 77.0 Å². The number of carbonyl (C=O) groups is 1. The average molecular weight is 287 g/mol. The number of pyridine rings is 1. The Morgan fingerprint density at radius 2 is 2.14 bits per heavy atom. The molecule has 2 rings (SSSR count). The maximum atomic E-state index is 12.1. The summed E-state index contributed by atoms with van der Waals surface area (Å²) in [6.45, 7) is 6.07. The van der Waals surface area contributed by atoms with Crippen LogP contribution in [-0.4, -0.2) is 38.4 Å². The van der Waals surface area contributed by atoms with Gasteiger partial charge in [-0.25, -0.2) is 9.97 Å². The predicted octanol–water partition coefficient (Wildman–Crippen LogP) is 1.79. The number of nitrogens with zero attached hydrogens (tertiary/aromatic N) is 4. The zero-order valence-corrected chi connectivity index (χ0v) is 12.5. The Balaban J connectivity index is 2.09. The van der Waals surface area contributed by atoms with E-state index in [-0.39, 0.29) is 5.91 Å². The van der Waals surface area contributed by atoms with Crippen molar-refractivity contribution >= 4 is 11.7 Å². The number of amides is 1. The molecule has 112 valence electrons. The van der Waals surface area contributed by atoms with Crippen LogP contribution >= 0.6 is 0 Å². The van der Waals surface area contributed by atoms with Crippen LogP contribution < -0.4 is 5.73 Å². The highest BCUT2D eigenvalue weighted by atomic mass is 16.2. The minimum absolute atomic E-state index is 0.161. The van der Waals surface area contributed by atoms with Crippen LogP contribution in [0, 0.1) is 0 Å². The summed E-state index contributed by atoms with van der Waals surface area (Å²) in [7, 11) is 0. The van der Waals surface area contributed by atoms with Crippen LogP contribution in [0.1, 0.15) is 20.3 Å². The summed E-state index contributed by atoms with van der Waals surface area (Å²) in [5.74, 6) is 0.633. The van der Waals surface area contributed by atoms with E-state index in [1.807, 2.05) is 29.4 Å². The predicted molar refractivity (Wildman–Crippen MR) is 82.4 cm³/mol. The highest BCUT2D eigenvalue weighted by Crippen LogP contribution is 2.20. The minimum Gasteiger partial charge on any atom is -0.384 e. The van der Waals surface area contributed by atoms with Crippen LogP contribution in [0.4, 0.5) is 5.82 Å². The molecule has 6 nitrogen and oxygen atoms in total. The Hall–Kier alpha value is -2.37. The molecule has 0 unspecified atom stereocenters. The minimum atomic E-state index is 0.161. The highest BCUT2D eigenvalue weighted by Gasteiger charge is 2.11. The lowest BCUT2D eigenvalue weighted by Crippen LogP contribution is -2.31. The van der Waals surface area contributed by atoms with E-state index in [1.54, 1.807) is 24.8 Å². The molecule has 2 N–H and O–H groups in total. The first-order chi connectivity index (χ1) is 10.2. The van der Waals surface area contributed by atoms with Gasteiger partial charge in [0, 0.05) is 37.8 Å². The van der Waals surface area contributed by atoms with Crippen molar-refractivity contribution in [3.05, 3.63) is 30.9 Å². The number of anilines is 1. The number of aromatic nitrogens is 3. The van der Waals surface area contributed by atoms with Gasteiger partial charge in [0.1, 0.15) is 5.82 Å². The third-order valence-electron chi connectivity index (χ3n) is 3.47. The Kier molecular flexibility index (Phi) is 4.92. The molecule has 1 amide bonds. The van der Waals surface area contributed by atoms with E-state index >= 15 is 0 Å². The summed E-state index contributed by atoms with van der Waals surface area (Å²) in [5, 5.41) is 0. The van der Waals surface area contributed by atoms with Gasteiger partial charge in [0.25, 0.3) is 0 Å². The average Bonchev–Trinajstić information content (AvgIpc) is 2.95. The van der Waals surface area contributed by atoms with Crippen molar-refractivity contribution in [2.75, 3.05) is 18.8 Å². The lowest BCUT2D eigenvalue weighted by atomic mass is 10.2. The zero-order chi connectivity index (χ0) is 15.2. The van der Waals surface area contributed by atoms with Crippen LogP contribution in [-0.2, 0) is 11.3 Å². The van der Waals surface area contributed by atoms with Crippen molar-refractivity contribution in [2.45, 2.75) is 26.8 Å². The van der Waals surface area contributed by atoms with Crippen LogP contribution in [0.5, 0.6) is 0 Å². The second-order valence-corrected chi connectivity index (χ2v) is 4.76. The number of hydrogen-bond acceptors (Lipinski definition) is 4. The van der Waals surface area contributed by atoms with Gasteiger partial charge in [-0.1, -0.05) is 0 Å². The van der Waals surface area contributed by atoms with E-state index in [4.69, 9.17) is 5.73 Å². The van der Waals surface area contributed by atoms with Gasteiger partial charge in [0.15, 0.2) is 0 Å². The van der Waals surface area contributed by atoms with E-state index in [9.17, 15) is 4.79 Å². The zero-order valence-electron chi connectivity index (χ0n) is 12.5. The van der Waals surface area contributed by atoms with Gasteiger partial charge in [0.2, 0.25) is 5.91 Å². The summed E-state index contributed by atoms with van der Waals surface area (Å²) in [6, 6.07) is 3.69. The molecule has 0 spiro atoms. The van der Waals surface area contributed by atoms with Crippen molar-refractivity contribution in [1.82, 2.24) is 19.4 Å². The van der Waals surface area contributed by atoms with Gasteiger partial charge in [-0.3, -0.25) is 4.79 Å². The molecule has 2 heterocycles. The molecular weight excluding hydrogens is 266 g/mol. The number of aryl methyl sites for hydroxylation is 1. The molecule has 0 saturated carbocycles. The van der Waals surface area contributed by atoms with Crippen LogP contribution in [0.15, 0.2) is 30.9 Å². The summed E-state index contributed by atoms with van der Waals surface area (Å²) in [4.78, 5) is 22.1. The SMILES string of the molecule is CCN(CC)C(=O)CCn1cncc1-c1ccnc(N)c1. The fourth-order valence-electron chi connectivity index (χ4n) is 2.30. The number of nitrogen functional groups attached to an aromatic ring is 1. The van der Waals surface area contributed by atoms with Crippen LogP contribution in [0.3, 0.4) is 0 Å². The van der Waals surface area contributed by atoms with E-state index in [0.717, 1.165) is 24.3 Å². The van der Waals surface area contributed by atoms with Gasteiger partial charge in [-0.2, -0.15) is 0 Å². The van der Waals surface area contributed by atoms with Gasteiger partial charge in [0.05, 0.1) is 18.2 Å². The molecule has 0 radical (unpaired) electrons. The molecule has 0 bridgehead atoms.